The molecule has 2 aromatic rings. The third-order valence-electron chi connectivity index (χ3n) is 4.72. The van der Waals surface area contributed by atoms with Gasteiger partial charge >= 0.3 is 0 Å². The summed E-state index contributed by atoms with van der Waals surface area (Å²) in [6, 6.07) is 4.01. The van der Waals surface area contributed by atoms with Crippen LogP contribution in [0.2, 0.25) is 0 Å². The zero-order chi connectivity index (χ0) is 21.2. The lowest BCUT2D eigenvalue weighted by atomic mass is 10.2. The fourth-order valence-corrected chi connectivity index (χ4v) is 3.21. The molecule has 0 radical (unpaired) electrons. The Morgan fingerprint density at radius 2 is 1.80 bits per heavy atom. The number of nitrogens with zero attached hydrogens (tertiary/aromatic N) is 5. The molecule has 0 aliphatic carbocycles. The molecule has 0 bridgehead atoms. The third-order valence-corrected chi connectivity index (χ3v) is 4.72. The van der Waals surface area contributed by atoms with E-state index in [-0.39, 0.29) is 0 Å². The highest BCUT2D eigenvalue weighted by Crippen LogP contribution is 2.26. The largest absolute Gasteiger partial charge is 0.484 e. The summed E-state index contributed by atoms with van der Waals surface area (Å²) < 4.78 is 17.5. The third kappa shape index (κ3) is 6.43. The van der Waals surface area contributed by atoms with Gasteiger partial charge in [0.05, 0.1) is 6.61 Å². The van der Waals surface area contributed by atoms with Crippen LogP contribution in [0.15, 0.2) is 30.7 Å². The highest BCUT2D eigenvalue weighted by atomic mass is 16.5. The molecule has 1 N–H and O–H groups in total. The minimum atomic E-state index is 0.330. The first-order valence-corrected chi connectivity index (χ1v) is 10.4. The fourth-order valence-electron chi connectivity index (χ4n) is 3.21. The van der Waals surface area contributed by atoms with E-state index in [1.807, 2.05) is 26.2 Å². The van der Waals surface area contributed by atoms with Gasteiger partial charge in [0.15, 0.2) is 11.6 Å². The van der Waals surface area contributed by atoms with Crippen molar-refractivity contribution >= 4 is 5.82 Å². The fraction of sp³-hybridized carbons (Fsp3) is 0.571. The van der Waals surface area contributed by atoms with Crippen molar-refractivity contribution < 1.29 is 14.2 Å². The molecule has 2 aromatic heterocycles. The Morgan fingerprint density at radius 1 is 1.03 bits per heavy atom. The number of piperazine rings is 1. The molecule has 9 heteroatoms. The minimum Gasteiger partial charge on any atom is -0.484 e. The van der Waals surface area contributed by atoms with Gasteiger partial charge in [-0.05, 0) is 39.6 Å². The average Bonchev–Trinajstić information content (AvgIpc) is 2.76. The summed E-state index contributed by atoms with van der Waals surface area (Å²) in [4.78, 5) is 17.5. The van der Waals surface area contributed by atoms with Crippen molar-refractivity contribution in [3.05, 3.63) is 30.7 Å². The van der Waals surface area contributed by atoms with Crippen molar-refractivity contribution in [1.82, 2.24) is 25.2 Å². The lowest BCUT2D eigenvalue weighted by Gasteiger charge is -2.35. The first kappa shape index (κ1) is 22.0. The van der Waals surface area contributed by atoms with Gasteiger partial charge in [-0.3, -0.25) is 0 Å². The molecule has 0 unspecified atom stereocenters. The summed E-state index contributed by atoms with van der Waals surface area (Å²) in [5, 5.41) is 3.38. The Bertz CT molecular complexity index is 776. The van der Waals surface area contributed by atoms with Crippen LogP contribution in [-0.2, 0) is 0 Å². The highest BCUT2D eigenvalue weighted by molar-refractivity contribution is 5.49. The van der Waals surface area contributed by atoms with Crippen molar-refractivity contribution in [1.29, 1.82) is 0 Å². The molecule has 1 fully saturated rings. The summed E-state index contributed by atoms with van der Waals surface area (Å²) in [6.45, 7) is 7.12. The smallest absolute Gasteiger partial charge is 0.257 e. The normalized spacial score (nSPS) is 16.5. The molecular formula is C21H32N6O3. The van der Waals surface area contributed by atoms with E-state index in [1.54, 1.807) is 18.6 Å². The average molecular weight is 417 g/mol. The number of rotatable bonds is 11. The van der Waals surface area contributed by atoms with Crippen molar-refractivity contribution in [2.45, 2.75) is 19.4 Å². The monoisotopic (exact) mass is 416 g/mol. The van der Waals surface area contributed by atoms with Crippen LogP contribution in [0, 0.1) is 0 Å². The van der Waals surface area contributed by atoms with E-state index in [0.29, 0.717) is 43.4 Å². The number of hydrogen-bond donors (Lipinski definition) is 1. The summed E-state index contributed by atoms with van der Waals surface area (Å²) in [5.41, 5.74) is 0. The van der Waals surface area contributed by atoms with Crippen LogP contribution in [0.5, 0.6) is 17.5 Å². The first-order valence-electron chi connectivity index (χ1n) is 10.4. The van der Waals surface area contributed by atoms with E-state index in [4.69, 9.17) is 14.2 Å². The van der Waals surface area contributed by atoms with E-state index in [2.05, 4.69) is 37.0 Å². The van der Waals surface area contributed by atoms with Gasteiger partial charge < -0.3 is 29.3 Å². The molecule has 1 aliphatic heterocycles. The molecule has 0 spiro atoms. The number of ether oxygens (including phenoxy) is 3. The number of anilines is 1. The maximum atomic E-state index is 5.90. The van der Waals surface area contributed by atoms with Crippen molar-refractivity contribution in [2.75, 3.05) is 65.0 Å². The van der Waals surface area contributed by atoms with E-state index in [0.717, 1.165) is 38.4 Å². The lowest BCUT2D eigenvalue weighted by molar-refractivity contribution is 0.198. The van der Waals surface area contributed by atoms with Gasteiger partial charge in [0.1, 0.15) is 13.2 Å². The maximum Gasteiger partial charge on any atom is 0.257 e. The number of nitrogens with one attached hydrogen (secondary N) is 1. The van der Waals surface area contributed by atoms with Crippen LogP contribution in [0.3, 0.4) is 0 Å². The maximum absolute atomic E-state index is 5.90. The second-order valence-electron chi connectivity index (χ2n) is 7.44. The molecule has 30 heavy (non-hydrogen) atoms. The summed E-state index contributed by atoms with van der Waals surface area (Å²) in [7, 11) is 4.08. The van der Waals surface area contributed by atoms with Gasteiger partial charge in [-0.25, -0.2) is 15.0 Å². The molecule has 3 heterocycles. The van der Waals surface area contributed by atoms with Crippen LogP contribution in [0.25, 0.3) is 0 Å². The molecule has 164 valence electrons. The SMILES string of the molecule is C[C@@H]1CNCCN1c1nccnc1OCCOc1cccnc1OCCCN(C)C. The molecule has 0 saturated carbocycles. The van der Waals surface area contributed by atoms with E-state index < -0.39 is 0 Å². The quantitative estimate of drug-likeness (QED) is 0.547. The first-order chi connectivity index (χ1) is 14.6. The number of pyridine rings is 1. The minimum absolute atomic E-state index is 0.330. The Labute approximate surface area is 178 Å². The van der Waals surface area contributed by atoms with Gasteiger partial charge in [0.25, 0.3) is 11.8 Å². The van der Waals surface area contributed by atoms with Crippen molar-refractivity contribution in [3.8, 4) is 17.5 Å². The Balaban J connectivity index is 1.50. The highest BCUT2D eigenvalue weighted by Gasteiger charge is 2.23. The van der Waals surface area contributed by atoms with Gasteiger partial charge in [-0.1, -0.05) is 0 Å². The Hall–Kier alpha value is -2.65. The molecule has 0 aromatic carbocycles. The molecular weight excluding hydrogens is 384 g/mol. The molecule has 3 rings (SSSR count). The van der Waals surface area contributed by atoms with E-state index in [9.17, 15) is 0 Å². The number of aromatic nitrogens is 3. The summed E-state index contributed by atoms with van der Waals surface area (Å²) in [5.74, 6) is 2.42. The summed E-state index contributed by atoms with van der Waals surface area (Å²) in [6.07, 6.45) is 5.97. The van der Waals surface area contributed by atoms with Crippen LogP contribution in [0.4, 0.5) is 5.82 Å². The standard InChI is InChI=1S/C21H32N6O3/c1-17-16-22-10-12-27(17)19-21(25-9-8-23-19)30-15-14-28-18-6-4-7-24-20(18)29-13-5-11-26(2)3/h4,6-9,17,22H,5,10-16H2,1-3H3/t17-/m1/s1. The van der Waals surface area contributed by atoms with E-state index >= 15 is 0 Å². The predicted molar refractivity (Wildman–Crippen MR) is 116 cm³/mol. The molecule has 1 saturated heterocycles. The van der Waals surface area contributed by atoms with Gasteiger partial charge in [-0.15, -0.1) is 0 Å². The summed E-state index contributed by atoms with van der Waals surface area (Å²) >= 11 is 0. The van der Waals surface area contributed by atoms with Crippen molar-refractivity contribution in [3.63, 3.8) is 0 Å². The zero-order valence-electron chi connectivity index (χ0n) is 18.1. The van der Waals surface area contributed by atoms with Gasteiger partial charge in [0.2, 0.25) is 0 Å². The lowest BCUT2D eigenvalue weighted by Crippen LogP contribution is -2.50. The molecule has 1 atom stereocenters. The second-order valence-corrected chi connectivity index (χ2v) is 7.44. The second kappa shape index (κ2) is 11.5. The van der Waals surface area contributed by atoms with Crippen LogP contribution in [0.1, 0.15) is 13.3 Å². The van der Waals surface area contributed by atoms with E-state index in [1.165, 1.54) is 0 Å². The van der Waals surface area contributed by atoms with Gasteiger partial charge in [-0.2, -0.15) is 0 Å². The Kier molecular flexibility index (Phi) is 8.46. The van der Waals surface area contributed by atoms with Crippen LogP contribution >= 0.6 is 0 Å². The Morgan fingerprint density at radius 3 is 2.63 bits per heavy atom. The van der Waals surface area contributed by atoms with Gasteiger partial charge in [0, 0.05) is 50.8 Å². The molecule has 0 amide bonds. The van der Waals surface area contributed by atoms with Crippen LogP contribution < -0.4 is 24.4 Å². The molecule has 1 aliphatic rings. The number of hydrogen-bond acceptors (Lipinski definition) is 9. The van der Waals surface area contributed by atoms with Crippen LogP contribution in [-0.4, -0.2) is 86.0 Å². The topological polar surface area (TPSA) is 84.9 Å². The predicted octanol–water partition coefficient (Wildman–Crippen LogP) is 1.46. The molecule has 9 nitrogen and oxygen atoms in total. The zero-order valence-corrected chi connectivity index (χ0v) is 18.1. The van der Waals surface area contributed by atoms with Crippen molar-refractivity contribution in [2.24, 2.45) is 0 Å².